The van der Waals surface area contributed by atoms with Gasteiger partial charge in [0.25, 0.3) is 0 Å². The molecule has 6 heteroatoms. The molecule has 2 aromatic rings. The Morgan fingerprint density at radius 3 is 2.68 bits per heavy atom. The lowest BCUT2D eigenvalue weighted by atomic mass is 10.2. The Labute approximate surface area is 117 Å². The van der Waals surface area contributed by atoms with E-state index in [4.69, 9.17) is 17.3 Å². The number of rotatable bonds is 3. The van der Waals surface area contributed by atoms with Crippen LogP contribution in [0.15, 0.2) is 24.3 Å². The van der Waals surface area contributed by atoms with Crippen molar-refractivity contribution in [3.05, 3.63) is 35.2 Å². The van der Waals surface area contributed by atoms with Crippen molar-refractivity contribution < 1.29 is 0 Å². The Balaban J connectivity index is 2.33. The van der Waals surface area contributed by atoms with E-state index in [1.807, 2.05) is 43.3 Å². The monoisotopic (exact) mass is 277 g/mol. The van der Waals surface area contributed by atoms with E-state index in [0.29, 0.717) is 17.2 Å². The zero-order chi connectivity index (χ0) is 14.0. The summed E-state index contributed by atoms with van der Waals surface area (Å²) in [6.45, 7) is 1.80. The van der Waals surface area contributed by atoms with Gasteiger partial charge in [0.2, 0.25) is 5.28 Å². The van der Waals surface area contributed by atoms with Gasteiger partial charge in [-0.2, -0.15) is 4.98 Å². The average Bonchev–Trinajstić information content (AvgIpc) is 2.35. The molecule has 2 rings (SSSR count). The molecule has 19 heavy (non-hydrogen) atoms. The van der Waals surface area contributed by atoms with Crippen molar-refractivity contribution >= 4 is 34.5 Å². The summed E-state index contributed by atoms with van der Waals surface area (Å²) in [5.74, 6) is 0.522. The van der Waals surface area contributed by atoms with E-state index in [2.05, 4.69) is 15.3 Å². The summed E-state index contributed by atoms with van der Waals surface area (Å²) >= 11 is 5.84. The van der Waals surface area contributed by atoms with Gasteiger partial charge in [0.15, 0.2) is 5.82 Å². The van der Waals surface area contributed by atoms with Crippen LogP contribution < -0.4 is 16.0 Å². The summed E-state index contributed by atoms with van der Waals surface area (Å²) in [6.07, 6.45) is 0. The molecule has 0 saturated carbocycles. The number of halogens is 1. The maximum Gasteiger partial charge on any atom is 0.224 e. The lowest BCUT2D eigenvalue weighted by Gasteiger charge is -2.15. The van der Waals surface area contributed by atoms with Gasteiger partial charge in [-0.15, -0.1) is 0 Å². The second kappa shape index (κ2) is 5.32. The highest BCUT2D eigenvalue weighted by Crippen LogP contribution is 2.26. The molecule has 0 aliphatic heterocycles. The van der Waals surface area contributed by atoms with Gasteiger partial charge in [0.05, 0.1) is 11.4 Å². The highest BCUT2D eigenvalue weighted by molar-refractivity contribution is 6.28. The zero-order valence-corrected chi connectivity index (χ0v) is 11.9. The van der Waals surface area contributed by atoms with Crippen molar-refractivity contribution in [3.8, 4) is 0 Å². The summed E-state index contributed by atoms with van der Waals surface area (Å²) in [6, 6.07) is 7.93. The van der Waals surface area contributed by atoms with Crippen molar-refractivity contribution in [2.45, 2.75) is 6.92 Å². The van der Waals surface area contributed by atoms with E-state index >= 15 is 0 Å². The predicted octanol–water partition coefficient (Wildman–Crippen LogP) is 2.83. The summed E-state index contributed by atoms with van der Waals surface area (Å²) in [5.41, 5.74) is 9.08. The first-order valence-electron chi connectivity index (χ1n) is 5.81. The van der Waals surface area contributed by atoms with E-state index in [9.17, 15) is 0 Å². The third-order valence-electron chi connectivity index (χ3n) is 2.73. The molecule has 1 heterocycles. The molecule has 0 fully saturated rings. The van der Waals surface area contributed by atoms with Crippen molar-refractivity contribution in [1.82, 2.24) is 9.97 Å². The molecule has 0 saturated heterocycles. The molecule has 0 radical (unpaired) electrons. The predicted molar refractivity (Wildman–Crippen MR) is 80.2 cm³/mol. The van der Waals surface area contributed by atoms with Gasteiger partial charge in [0.1, 0.15) is 0 Å². The van der Waals surface area contributed by atoms with Crippen LogP contribution >= 0.6 is 11.6 Å². The fraction of sp³-hybridized carbons (Fsp3) is 0.231. The summed E-state index contributed by atoms with van der Waals surface area (Å²) in [7, 11) is 3.97. The minimum atomic E-state index is 0.179. The number of hydrogen-bond acceptors (Lipinski definition) is 5. The smallest absolute Gasteiger partial charge is 0.224 e. The number of anilines is 4. The normalized spacial score (nSPS) is 10.3. The van der Waals surface area contributed by atoms with Gasteiger partial charge < -0.3 is 16.0 Å². The highest BCUT2D eigenvalue weighted by Gasteiger charge is 2.08. The number of nitrogens with zero attached hydrogens (tertiary/aromatic N) is 3. The standard InChI is InChI=1S/C13H16ClN5/c1-8-11(15)12(18-13(14)16-8)17-9-5-4-6-10(7-9)19(2)3/h4-7H,15H2,1-3H3,(H,16,17,18). The minimum Gasteiger partial charge on any atom is -0.394 e. The molecule has 100 valence electrons. The average molecular weight is 278 g/mol. The lowest BCUT2D eigenvalue weighted by Crippen LogP contribution is -2.09. The van der Waals surface area contributed by atoms with E-state index in [0.717, 1.165) is 11.4 Å². The van der Waals surface area contributed by atoms with Crippen LogP contribution in [0.25, 0.3) is 0 Å². The van der Waals surface area contributed by atoms with Crippen LogP contribution in [0.2, 0.25) is 5.28 Å². The largest absolute Gasteiger partial charge is 0.394 e. The van der Waals surface area contributed by atoms with Crippen molar-refractivity contribution in [2.75, 3.05) is 30.0 Å². The van der Waals surface area contributed by atoms with Crippen LogP contribution in [-0.4, -0.2) is 24.1 Å². The van der Waals surface area contributed by atoms with Crippen LogP contribution in [0.4, 0.5) is 22.9 Å². The maximum absolute atomic E-state index is 5.94. The number of nitrogens with two attached hydrogens (primary N) is 1. The molecule has 3 N–H and O–H groups in total. The summed E-state index contributed by atoms with van der Waals surface area (Å²) in [4.78, 5) is 10.1. The maximum atomic E-state index is 5.94. The van der Waals surface area contributed by atoms with Crippen LogP contribution in [0.1, 0.15) is 5.69 Å². The van der Waals surface area contributed by atoms with Crippen molar-refractivity contribution in [1.29, 1.82) is 0 Å². The van der Waals surface area contributed by atoms with E-state index in [1.165, 1.54) is 0 Å². The molecule has 1 aromatic heterocycles. The summed E-state index contributed by atoms with van der Waals surface area (Å²) in [5, 5.41) is 3.34. The molecule has 0 aliphatic rings. The molecule has 5 nitrogen and oxygen atoms in total. The second-order valence-electron chi connectivity index (χ2n) is 4.41. The quantitative estimate of drug-likeness (QED) is 0.845. The van der Waals surface area contributed by atoms with Crippen LogP contribution in [0.5, 0.6) is 0 Å². The second-order valence-corrected chi connectivity index (χ2v) is 4.75. The third kappa shape index (κ3) is 3.06. The van der Waals surface area contributed by atoms with E-state index in [-0.39, 0.29) is 5.28 Å². The number of nitrogen functional groups attached to an aromatic ring is 1. The van der Waals surface area contributed by atoms with Gasteiger partial charge >= 0.3 is 0 Å². The van der Waals surface area contributed by atoms with Gasteiger partial charge in [-0.25, -0.2) is 4.98 Å². The van der Waals surface area contributed by atoms with Crippen LogP contribution in [0.3, 0.4) is 0 Å². The minimum absolute atomic E-state index is 0.179. The van der Waals surface area contributed by atoms with Crippen LogP contribution in [-0.2, 0) is 0 Å². The number of aryl methyl sites for hydroxylation is 1. The lowest BCUT2D eigenvalue weighted by molar-refractivity contribution is 1.11. The first-order valence-corrected chi connectivity index (χ1v) is 6.19. The molecule has 0 atom stereocenters. The van der Waals surface area contributed by atoms with Gasteiger partial charge in [-0.3, -0.25) is 0 Å². The van der Waals surface area contributed by atoms with Gasteiger partial charge in [0, 0.05) is 25.5 Å². The van der Waals surface area contributed by atoms with Gasteiger partial charge in [-0.05, 0) is 36.7 Å². The third-order valence-corrected chi connectivity index (χ3v) is 2.90. The summed E-state index contributed by atoms with van der Waals surface area (Å²) < 4.78 is 0. The number of nitrogens with one attached hydrogen (secondary N) is 1. The Bertz CT molecular complexity index is 598. The molecule has 0 unspecified atom stereocenters. The first-order chi connectivity index (χ1) is 8.97. The van der Waals surface area contributed by atoms with E-state index < -0.39 is 0 Å². The zero-order valence-electron chi connectivity index (χ0n) is 11.1. The fourth-order valence-corrected chi connectivity index (χ4v) is 1.85. The van der Waals surface area contributed by atoms with Crippen molar-refractivity contribution in [2.24, 2.45) is 0 Å². The highest BCUT2D eigenvalue weighted by atomic mass is 35.5. The molecule has 0 amide bonds. The number of hydrogen-bond donors (Lipinski definition) is 2. The molecule has 0 bridgehead atoms. The first kappa shape index (κ1) is 13.4. The molecular weight excluding hydrogens is 262 g/mol. The van der Waals surface area contributed by atoms with E-state index in [1.54, 1.807) is 6.92 Å². The Morgan fingerprint density at radius 1 is 1.26 bits per heavy atom. The molecular formula is C13H16ClN5. The number of aromatic nitrogens is 2. The molecule has 0 spiro atoms. The SMILES string of the molecule is Cc1nc(Cl)nc(Nc2cccc(N(C)C)c2)c1N. The molecule has 0 aliphatic carbocycles. The Hall–Kier alpha value is -2.01. The number of benzene rings is 1. The van der Waals surface area contributed by atoms with Gasteiger partial charge in [-0.1, -0.05) is 6.07 Å². The van der Waals surface area contributed by atoms with Crippen LogP contribution in [0, 0.1) is 6.92 Å². The fourth-order valence-electron chi connectivity index (χ4n) is 1.64. The Kier molecular flexibility index (Phi) is 3.76. The topological polar surface area (TPSA) is 67.1 Å². The van der Waals surface area contributed by atoms with Crippen molar-refractivity contribution in [3.63, 3.8) is 0 Å². The Morgan fingerprint density at radius 2 is 2.00 bits per heavy atom. The molecule has 1 aromatic carbocycles.